The Balaban J connectivity index is 1.50. The maximum atomic E-state index is 12.0. The van der Waals surface area contributed by atoms with Crippen LogP contribution < -0.4 is 5.32 Å². The Morgan fingerprint density at radius 3 is 2.71 bits per heavy atom. The van der Waals surface area contributed by atoms with Gasteiger partial charge in [0, 0.05) is 16.6 Å². The third-order valence-corrected chi connectivity index (χ3v) is 4.33. The number of aromatic nitrogens is 4. The summed E-state index contributed by atoms with van der Waals surface area (Å²) in [5.74, 6) is 0.124. The van der Waals surface area contributed by atoms with E-state index in [1.165, 1.54) is 11.8 Å². The van der Waals surface area contributed by atoms with Gasteiger partial charge in [-0.15, -0.1) is 10.2 Å². The van der Waals surface area contributed by atoms with Crippen LogP contribution in [0.15, 0.2) is 59.8 Å². The van der Waals surface area contributed by atoms with Crippen molar-refractivity contribution in [1.29, 1.82) is 0 Å². The Kier molecular flexibility index (Phi) is 3.84. The van der Waals surface area contributed by atoms with E-state index in [4.69, 9.17) is 0 Å². The second-order valence-corrected chi connectivity index (χ2v) is 6.11. The van der Waals surface area contributed by atoms with E-state index in [1.54, 1.807) is 0 Å². The molecular weight excluding hydrogens is 322 g/mol. The molecule has 0 unspecified atom stereocenters. The molecule has 0 fully saturated rings. The minimum Gasteiger partial charge on any atom is -0.336 e. The van der Waals surface area contributed by atoms with Gasteiger partial charge in [-0.3, -0.25) is 4.79 Å². The number of hydrogen-bond donors (Lipinski definition) is 2. The average molecular weight is 335 g/mol. The molecule has 0 bridgehead atoms. The van der Waals surface area contributed by atoms with E-state index in [1.807, 2.05) is 54.6 Å². The standard InChI is InChI=1S/C17H13N5OS/c23-14(18-11-6-2-1-3-7-11)10-24-17-20-15-12-8-4-5-9-13(12)19-16(15)21-22-17/h1-9H,10H2,(H,18,23)(H,19,21). The number of aromatic amines is 1. The topological polar surface area (TPSA) is 83.6 Å². The fourth-order valence-electron chi connectivity index (χ4n) is 2.42. The molecule has 4 rings (SSSR count). The average Bonchev–Trinajstić information content (AvgIpc) is 2.99. The first-order valence-corrected chi connectivity index (χ1v) is 8.37. The molecule has 0 aliphatic heterocycles. The molecule has 0 saturated heterocycles. The molecule has 0 radical (unpaired) electrons. The van der Waals surface area contributed by atoms with Crippen molar-refractivity contribution in [3.8, 4) is 0 Å². The zero-order valence-electron chi connectivity index (χ0n) is 12.6. The molecule has 2 heterocycles. The van der Waals surface area contributed by atoms with Gasteiger partial charge in [-0.2, -0.15) is 0 Å². The lowest BCUT2D eigenvalue weighted by Gasteiger charge is -2.03. The van der Waals surface area contributed by atoms with Crippen LogP contribution in [0.4, 0.5) is 5.69 Å². The van der Waals surface area contributed by atoms with Crippen LogP contribution in [-0.2, 0) is 4.79 Å². The van der Waals surface area contributed by atoms with E-state index < -0.39 is 0 Å². The normalized spacial score (nSPS) is 11.0. The van der Waals surface area contributed by atoms with E-state index in [0.29, 0.717) is 10.8 Å². The van der Waals surface area contributed by atoms with Crippen LogP contribution in [-0.4, -0.2) is 31.8 Å². The van der Waals surface area contributed by atoms with Crippen molar-refractivity contribution in [2.24, 2.45) is 0 Å². The summed E-state index contributed by atoms with van der Waals surface area (Å²) in [5, 5.41) is 12.5. The summed E-state index contributed by atoms with van der Waals surface area (Å²) in [6.45, 7) is 0. The summed E-state index contributed by atoms with van der Waals surface area (Å²) < 4.78 is 0. The lowest BCUT2D eigenvalue weighted by molar-refractivity contribution is -0.113. The predicted molar refractivity (Wildman–Crippen MR) is 95.0 cm³/mol. The van der Waals surface area contributed by atoms with Gasteiger partial charge in [0.15, 0.2) is 5.65 Å². The summed E-state index contributed by atoms with van der Waals surface area (Å²) in [4.78, 5) is 19.7. The first-order valence-electron chi connectivity index (χ1n) is 7.38. The van der Waals surface area contributed by atoms with E-state index >= 15 is 0 Å². The van der Waals surface area contributed by atoms with Crippen molar-refractivity contribution in [3.63, 3.8) is 0 Å². The fourth-order valence-corrected chi connectivity index (χ4v) is 3.01. The number of amides is 1. The second kappa shape index (κ2) is 6.29. The molecule has 0 atom stereocenters. The lowest BCUT2D eigenvalue weighted by atomic mass is 10.2. The van der Waals surface area contributed by atoms with Gasteiger partial charge in [0.2, 0.25) is 11.1 Å². The highest BCUT2D eigenvalue weighted by Gasteiger charge is 2.10. The number of carbonyl (C=O) groups excluding carboxylic acids is 1. The predicted octanol–water partition coefficient (Wildman–Crippen LogP) is 3.24. The number of rotatable bonds is 4. The maximum Gasteiger partial charge on any atom is 0.234 e. The van der Waals surface area contributed by atoms with Crippen LogP contribution in [0.25, 0.3) is 22.1 Å². The summed E-state index contributed by atoms with van der Waals surface area (Å²) >= 11 is 1.26. The van der Waals surface area contributed by atoms with Crippen LogP contribution in [0.5, 0.6) is 0 Å². The molecule has 6 nitrogen and oxygen atoms in total. The lowest BCUT2D eigenvalue weighted by Crippen LogP contribution is -2.14. The Bertz CT molecular complexity index is 1020. The van der Waals surface area contributed by atoms with Crippen molar-refractivity contribution in [2.75, 3.05) is 11.1 Å². The van der Waals surface area contributed by atoms with Crippen LogP contribution in [0.2, 0.25) is 0 Å². The highest BCUT2D eigenvalue weighted by Crippen LogP contribution is 2.23. The number of para-hydroxylation sites is 2. The molecule has 2 aromatic heterocycles. The second-order valence-electron chi connectivity index (χ2n) is 5.17. The van der Waals surface area contributed by atoms with Crippen molar-refractivity contribution in [2.45, 2.75) is 5.16 Å². The Morgan fingerprint density at radius 2 is 1.83 bits per heavy atom. The monoisotopic (exact) mass is 335 g/mol. The number of nitrogens with one attached hydrogen (secondary N) is 2. The minimum absolute atomic E-state index is 0.103. The Hall–Kier alpha value is -2.93. The number of thioether (sulfide) groups is 1. The van der Waals surface area contributed by atoms with Gasteiger partial charge >= 0.3 is 0 Å². The molecule has 0 saturated carbocycles. The van der Waals surface area contributed by atoms with Gasteiger partial charge < -0.3 is 10.3 Å². The molecule has 0 aliphatic rings. The minimum atomic E-state index is -0.103. The highest BCUT2D eigenvalue weighted by atomic mass is 32.2. The van der Waals surface area contributed by atoms with Crippen LogP contribution >= 0.6 is 11.8 Å². The van der Waals surface area contributed by atoms with Gasteiger partial charge in [-0.25, -0.2) is 4.98 Å². The summed E-state index contributed by atoms with van der Waals surface area (Å²) in [7, 11) is 0. The van der Waals surface area contributed by atoms with E-state index in [0.717, 1.165) is 22.1 Å². The van der Waals surface area contributed by atoms with Gasteiger partial charge in [0.25, 0.3) is 0 Å². The number of carbonyl (C=O) groups is 1. The third kappa shape index (κ3) is 2.93. The fraction of sp³-hybridized carbons (Fsp3) is 0.0588. The summed E-state index contributed by atoms with van der Waals surface area (Å²) in [6.07, 6.45) is 0. The molecule has 0 aliphatic carbocycles. The van der Waals surface area contributed by atoms with Crippen molar-refractivity contribution in [3.05, 3.63) is 54.6 Å². The quantitative estimate of drug-likeness (QED) is 0.559. The first kappa shape index (κ1) is 14.6. The van der Waals surface area contributed by atoms with Crippen LogP contribution in [0.3, 0.4) is 0 Å². The smallest absolute Gasteiger partial charge is 0.234 e. The maximum absolute atomic E-state index is 12.0. The molecule has 4 aromatic rings. The van der Waals surface area contributed by atoms with Crippen LogP contribution in [0.1, 0.15) is 0 Å². The van der Waals surface area contributed by atoms with Gasteiger partial charge in [0.1, 0.15) is 5.52 Å². The van der Waals surface area contributed by atoms with Crippen LogP contribution in [0, 0.1) is 0 Å². The number of hydrogen-bond acceptors (Lipinski definition) is 5. The van der Waals surface area contributed by atoms with Crippen molar-refractivity contribution < 1.29 is 4.79 Å². The number of nitrogens with zero attached hydrogens (tertiary/aromatic N) is 3. The zero-order valence-corrected chi connectivity index (χ0v) is 13.4. The largest absolute Gasteiger partial charge is 0.336 e. The Morgan fingerprint density at radius 1 is 1.04 bits per heavy atom. The van der Waals surface area contributed by atoms with Crippen molar-refractivity contribution in [1.82, 2.24) is 20.2 Å². The Labute approximate surface area is 141 Å². The van der Waals surface area contributed by atoms with E-state index in [9.17, 15) is 4.79 Å². The van der Waals surface area contributed by atoms with Gasteiger partial charge in [0.05, 0.1) is 5.75 Å². The third-order valence-electron chi connectivity index (χ3n) is 3.49. The SMILES string of the molecule is O=C(CSc1nnc2[nH]c3ccccc3c2n1)Nc1ccccc1. The molecular formula is C17H13N5OS. The first-order chi connectivity index (χ1) is 11.8. The molecule has 2 N–H and O–H groups in total. The molecule has 2 aromatic carbocycles. The molecule has 7 heteroatoms. The molecule has 118 valence electrons. The number of fused-ring (bicyclic) bond motifs is 3. The molecule has 1 amide bonds. The summed E-state index contributed by atoms with van der Waals surface area (Å²) in [5.41, 5.74) is 3.16. The van der Waals surface area contributed by atoms with E-state index in [-0.39, 0.29) is 11.7 Å². The van der Waals surface area contributed by atoms with Crippen molar-refractivity contribution >= 4 is 45.4 Å². The van der Waals surface area contributed by atoms with E-state index in [2.05, 4.69) is 25.5 Å². The molecule has 0 spiro atoms. The molecule has 24 heavy (non-hydrogen) atoms. The summed E-state index contributed by atoms with van der Waals surface area (Å²) in [6, 6.07) is 17.2. The van der Waals surface area contributed by atoms with Gasteiger partial charge in [-0.1, -0.05) is 48.2 Å². The number of benzene rings is 2. The highest BCUT2D eigenvalue weighted by molar-refractivity contribution is 7.99. The van der Waals surface area contributed by atoms with Gasteiger partial charge in [-0.05, 0) is 18.2 Å². The zero-order chi connectivity index (χ0) is 16.4. The number of H-pyrrole nitrogens is 1. The number of anilines is 1.